The van der Waals surface area contributed by atoms with E-state index in [-0.39, 0.29) is 16.8 Å². The third-order valence-corrected chi connectivity index (χ3v) is 5.99. The Kier molecular flexibility index (Phi) is 6.36. The molecule has 2 rings (SSSR count). The molecular weight excluding hydrogens is 372 g/mol. The van der Waals surface area contributed by atoms with E-state index in [2.05, 4.69) is 4.72 Å². The normalized spacial score (nSPS) is 12.3. The summed E-state index contributed by atoms with van der Waals surface area (Å²) in [6, 6.07) is 12.1. The Morgan fingerprint density at radius 3 is 2.07 bits per heavy atom. The number of nitrogens with one attached hydrogen (secondary N) is 1. The maximum absolute atomic E-state index is 13.2. The molecule has 0 unspecified atom stereocenters. The second kappa shape index (κ2) is 8.05. The number of hydrogen-bond acceptors (Lipinski definition) is 3. The van der Waals surface area contributed by atoms with Crippen molar-refractivity contribution >= 4 is 21.6 Å². The number of anilines is 1. The van der Waals surface area contributed by atoms with E-state index in [4.69, 9.17) is 0 Å². The van der Waals surface area contributed by atoms with E-state index >= 15 is 0 Å². The average molecular weight is 403 g/mol. The molecule has 5 nitrogen and oxygen atoms in total. The molecule has 2 aromatic rings. The van der Waals surface area contributed by atoms with E-state index < -0.39 is 15.6 Å². The predicted molar refractivity (Wildman–Crippen MR) is 114 cm³/mol. The largest absolute Gasteiger partial charge is 0.306 e. The van der Waals surface area contributed by atoms with Gasteiger partial charge in [0.25, 0.3) is 5.91 Å². The van der Waals surface area contributed by atoms with Crippen molar-refractivity contribution < 1.29 is 13.2 Å². The Morgan fingerprint density at radius 1 is 1.00 bits per heavy atom. The van der Waals surface area contributed by atoms with Gasteiger partial charge in [0.1, 0.15) is 0 Å². The second-order valence-electron chi connectivity index (χ2n) is 8.44. The van der Waals surface area contributed by atoms with E-state index in [0.29, 0.717) is 5.56 Å². The first-order valence-corrected chi connectivity index (χ1v) is 10.8. The van der Waals surface area contributed by atoms with Crippen LogP contribution in [-0.4, -0.2) is 25.9 Å². The molecule has 0 saturated heterocycles. The van der Waals surface area contributed by atoms with Gasteiger partial charge in [-0.15, -0.1) is 0 Å². The highest BCUT2D eigenvalue weighted by molar-refractivity contribution is 7.89. The molecule has 0 heterocycles. The van der Waals surface area contributed by atoms with Crippen LogP contribution in [-0.2, 0) is 10.0 Å². The fourth-order valence-corrected chi connectivity index (χ4v) is 4.40. The number of carbonyl (C=O) groups excluding carboxylic acids is 1. The molecule has 0 spiro atoms. The third kappa shape index (κ3) is 5.20. The Labute approximate surface area is 168 Å². The minimum Gasteiger partial charge on any atom is -0.306 e. The Balaban J connectivity index is 2.38. The van der Waals surface area contributed by atoms with Crippen molar-refractivity contribution in [2.45, 2.75) is 64.9 Å². The number of rotatable bonds is 5. The van der Waals surface area contributed by atoms with Crippen LogP contribution in [0.4, 0.5) is 5.69 Å². The summed E-state index contributed by atoms with van der Waals surface area (Å²) >= 11 is 0. The fraction of sp³-hybridized carbons (Fsp3) is 0.409. The maximum atomic E-state index is 13.2. The topological polar surface area (TPSA) is 66.5 Å². The Hall–Kier alpha value is -2.18. The number of nitrogens with zero attached hydrogens (tertiary/aromatic N) is 1. The lowest BCUT2D eigenvalue weighted by Gasteiger charge is -2.29. The van der Waals surface area contributed by atoms with Gasteiger partial charge in [-0.2, -0.15) is 0 Å². The summed E-state index contributed by atoms with van der Waals surface area (Å²) in [6.45, 7) is 13.3. The molecule has 0 aliphatic carbocycles. The summed E-state index contributed by atoms with van der Waals surface area (Å²) in [5, 5.41) is 0. The molecule has 1 amide bonds. The number of hydrogen-bond donors (Lipinski definition) is 1. The first-order valence-electron chi connectivity index (χ1n) is 9.37. The van der Waals surface area contributed by atoms with Gasteiger partial charge in [-0.3, -0.25) is 4.79 Å². The predicted octanol–water partition coefficient (Wildman–Crippen LogP) is 4.44. The lowest BCUT2D eigenvalue weighted by molar-refractivity contribution is 0.0980. The van der Waals surface area contributed by atoms with Crippen molar-refractivity contribution in [1.29, 1.82) is 0 Å². The summed E-state index contributed by atoms with van der Waals surface area (Å²) in [5.41, 5.74) is 2.83. The van der Waals surface area contributed by atoms with Gasteiger partial charge in [0.15, 0.2) is 0 Å². The lowest BCUT2D eigenvalue weighted by Crippen LogP contribution is -2.40. The van der Waals surface area contributed by atoms with E-state index in [9.17, 15) is 13.2 Å². The van der Waals surface area contributed by atoms with Crippen LogP contribution in [0, 0.1) is 13.8 Å². The SMILES string of the molecule is Cc1ccc(C)c(N(C(=O)c2ccc(S(=O)(=O)NC(C)(C)C)cc2)C(C)C)c1. The first-order chi connectivity index (χ1) is 12.8. The van der Waals surface area contributed by atoms with Gasteiger partial charge in [0.05, 0.1) is 4.90 Å². The molecule has 0 radical (unpaired) electrons. The van der Waals surface area contributed by atoms with Crippen LogP contribution >= 0.6 is 0 Å². The lowest BCUT2D eigenvalue weighted by atomic mass is 10.1. The minimum absolute atomic E-state index is 0.0426. The molecule has 0 saturated carbocycles. The molecule has 0 bridgehead atoms. The molecule has 6 heteroatoms. The summed E-state index contributed by atoms with van der Waals surface area (Å²) in [5.74, 6) is -0.156. The zero-order valence-electron chi connectivity index (χ0n) is 17.7. The smallest absolute Gasteiger partial charge is 0.258 e. The summed E-state index contributed by atoms with van der Waals surface area (Å²) < 4.78 is 27.6. The summed E-state index contributed by atoms with van der Waals surface area (Å²) in [6.07, 6.45) is 0. The van der Waals surface area contributed by atoms with Gasteiger partial charge in [0.2, 0.25) is 10.0 Å². The first kappa shape index (κ1) is 22.1. The van der Waals surface area contributed by atoms with Crippen molar-refractivity contribution in [3.63, 3.8) is 0 Å². The summed E-state index contributed by atoms with van der Waals surface area (Å²) in [4.78, 5) is 15.1. The zero-order chi connectivity index (χ0) is 21.3. The Morgan fingerprint density at radius 2 is 1.57 bits per heavy atom. The third-order valence-electron chi connectivity index (χ3n) is 4.21. The fourth-order valence-electron chi connectivity index (χ4n) is 2.98. The van der Waals surface area contributed by atoms with Crippen LogP contribution in [0.5, 0.6) is 0 Å². The highest BCUT2D eigenvalue weighted by Gasteiger charge is 2.25. The highest BCUT2D eigenvalue weighted by Crippen LogP contribution is 2.26. The van der Waals surface area contributed by atoms with E-state index in [1.165, 1.54) is 12.1 Å². The molecule has 0 aromatic heterocycles. The Bertz CT molecular complexity index is 956. The van der Waals surface area contributed by atoms with Crippen LogP contribution < -0.4 is 9.62 Å². The van der Waals surface area contributed by atoms with Crippen LogP contribution in [0.1, 0.15) is 56.1 Å². The molecule has 152 valence electrons. The van der Waals surface area contributed by atoms with Crippen molar-refractivity contribution in [2.24, 2.45) is 0 Å². The standard InChI is InChI=1S/C22H30N2O3S/c1-15(2)24(20-14-16(3)8-9-17(20)4)21(25)18-10-12-19(13-11-18)28(26,27)23-22(5,6)7/h8-15,23H,1-7H3. The van der Waals surface area contributed by atoms with Crippen LogP contribution in [0.2, 0.25) is 0 Å². The number of carbonyl (C=O) groups is 1. The number of amides is 1. The molecule has 0 aliphatic rings. The van der Waals surface area contributed by atoms with Gasteiger partial charge in [-0.05, 0) is 89.9 Å². The van der Waals surface area contributed by atoms with Crippen molar-refractivity contribution in [3.8, 4) is 0 Å². The molecule has 1 N–H and O–H groups in total. The van der Waals surface area contributed by atoms with Gasteiger partial charge in [0, 0.05) is 22.8 Å². The highest BCUT2D eigenvalue weighted by atomic mass is 32.2. The zero-order valence-corrected chi connectivity index (χ0v) is 18.5. The average Bonchev–Trinajstić information content (AvgIpc) is 2.56. The minimum atomic E-state index is -3.64. The van der Waals surface area contributed by atoms with Crippen LogP contribution in [0.3, 0.4) is 0 Å². The molecule has 0 atom stereocenters. The maximum Gasteiger partial charge on any atom is 0.258 e. The van der Waals surface area contributed by atoms with Crippen molar-refractivity contribution in [3.05, 3.63) is 59.2 Å². The van der Waals surface area contributed by atoms with E-state index in [0.717, 1.165) is 16.8 Å². The van der Waals surface area contributed by atoms with E-state index in [1.807, 2.05) is 45.9 Å². The second-order valence-corrected chi connectivity index (χ2v) is 10.1. The monoisotopic (exact) mass is 402 g/mol. The van der Waals surface area contributed by atoms with Gasteiger partial charge >= 0.3 is 0 Å². The van der Waals surface area contributed by atoms with Crippen molar-refractivity contribution in [2.75, 3.05) is 4.90 Å². The van der Waals surface area contributed by atoms with E-state index in [1.54, 1.807) is 37.8 Å². The number of aryl methyl sites for hydroxylation is 2. The quantitative estimate of drug-likeness (QED) is 0.804. The molecular formula is C22H30N2O3S. The molecule has 0 aliphatic heterocycles. The number of sulfonamides is 1. The van der Waals surface area contributed by atoms with Crippen molar-refractivity contribution in [1.82, 2.24) is 4.72 Å². The molecule has 2 aromatic carbocycles. The number of benzene rings is 2. The van der Waals surface area contributed by atoms with Gasteiger partial charge < -0.3 is 4.90 Å². The van der Waals surface area contributed by atoms with Crippen LogP contribution in [0.15, 0.2) is 47.4 Å². The van der Waals surface area contributed by atoms with Gasteiger partial charge in [-0.25, -0.2) is 13.1 Å². The molecule has 28 heavy (non-hydrogen) atoms. The summed E-state index contributed by atoms with van der Waals surface area (Å²) in [7, 11) is -3.64. The molecule has 0 fully saturated rings. The van der Waals surface area contributed by atoms with Crippen LogP contribution in [0.25, 0.3) is 0 Å². The van der Waals surface area contributed by atoms with Gasteiger partial charge in [-0.1, -0.05) is 12.1 Å².